The Morgan fingerprint density at radius 2 is 2.11 bits per heavy atom. The van der Waals surface area contributed by atoms with Gasteiger partial charge < -0.3 is 4.74 Å². The molecule has 0 saturated heterocycles. The van der Waals surface area contributed by atoms with Gasteiger partial charge in [-0.05, 0) is 24.0 Å². The number of rotatable bonds is 4. The first-order valence-corrected chi connectivity index (χ1v) is 6.22. The lowest BCUT2D eigenvalue weighted by atomic mass is 10.2. The third-order valence-corrected chi connectivity index (χ3v) is 3.22. The Morgan fingerprint density at radius 1 is 1.37 bits per heavy atom. The van der Waals surface area contributed by atoms with Crippen LogP contribution in [0.2, 0.25) is 0 Å². The number of nitrogens with zero attached hydrogens (tertiary/aromatic N) is 4. The number of aromatic nitrogens is 4. The number of benzene rings is 1. The van der Waals surface area contributed by atoms with Crippen molar-refractivity contribution in [2.75, 3.05) is 7.11 Å². The van der Waals surface area contributed by atoms with Crippen molar-refractivity contribution in [2.45, 2.75) is 18.9 Å². The van der Waals surface area contributed by atoms with Crippen LogP contribution < -0.4 is 0 Å². The molecule has 1 unspecified atom stereocenters. The average molecular weight is 258 g/mol. The van der Waals surface area contributed by atoms with Gasteiger partial charge in [0.25, 0.3) is 0 Å². The second kappa shape index (κ2) is 4.79. The first kappa shape index (κ1) is 11.8. The molecule has 1 aromatic heterocycles. The van der Waals surface area contributed by atoms with Crippen LogP contribution >= 0.6 is 0 Å². The highest BCUT2D eigenvalue weighted by Crippen LogP contribution is 2.39. The monoisotopic (exact) mass is 258 g/mol. The Balaban J connectivity index is 1.89. The second-order valence-electron chi connectivity index (χ2n) is 4.60. The topological polar surface area (TPSA) is 69.9 Å². The van der Waals surface area contributed by atoms with Gasteiger partial charge in [0.15, 0.2) is 6.04 Å². The van der Waals surface area contributed by atoms with Gasteiger partial charge in [-0.1, -0.05) is 30.3 Å². The molecule has 3 rings (SSSR count). The maximum Gasteiger partial charge on any atom is 0.332 e. The Morgan fingerprint density at radius 3 is 2.74 bits per heavy atom. The first-order chi connectivity index (χ1) is 9.29. The van der Waals surface area contributed by atoms with Gasteiger partial charge in [-0.25, -0.2) is 4.79 Å². The van der Waals surface area contributed by atoms with Crippen LogP contribution in [0.15, 0.2) is 30.3 Å². The maximum absolute atomic E-state index is 11.8. The summed E-state index contributed by atoms with van der Waals surface area (Å²) < 4.78 is 4.82. The molecule has 6 heteroatoms. The average Bonchev–Trinajstić information content (AvgIpc) is 3.16. The molecule has 1 aliphatic carbocycles. The van der Waals surface area contributed by atoms with Crippen molar-refractivity contribution in [3.8, 4) is 11.4 Å². The fourth-order valence-electron chi connectivity index (χ4n) is 2.05. The molecule has 1 heterocycles. The third-order valence-electron chi connectivity index (χ3n) is 3.22. The molecule has 1 aromatic carbocycles. The number of methoxy groups -OCH3 is 1. The minimum atomic E-state index is -0.449. The lowest BCUT2D eigenvalue weighted by molar-refractivity contribution is -0.146. The maximum atomic E-state index is 11.8. The van der Waals surface area contributed by atoms with Crippen LogP contribution in [0.4, 0.5) is 0 Å². The Kier molecular flexibility index (Phi) is 2.98. The van der Waals surface area contributed by atoms with E-state index in [4.69, 9.17) is 4.74 Å². The molecular formula is C13H14N4O2. The normalized spacial score (nSPS) is 16.1. The number of carbonyl (C=O) groups is 1. The van der Waals surface area contributed by atoms with Crippen molar-refractivity contribution in [1.82, 2.24) is 20.2 Å². The van der Waals surface area contributed by atoms with E-state index in [1.165, 1.54) is 11.9 Å². The van der Waals surface area contributed by atoms with Crippen molar-refractivity contribution >= 4 is 5.97 Å². The zero-order valence-corrected chi connectivity index (χ0v) is 10.6. The molecule has 0 bridgehead atoms. The van der Waals surface area contributed by atoms with Crippen molar-refractivity contribution < 1.29 is 9.53 Å². The summed E-state index contributed by atoms with van der Waals surface area (Å²) in [7, 11) is 1.38. The number of esters is 1. The van der Waals surface area contributed by atoms with Crippen LogP contribution in [0.25, 0.3) is 11.4 Å². The zero-order valence-electron chi connectivity index (χ0n) is 10.6. The van der Waals surface area contributed by atoms with Crippen molar-refractivity contribution in [3.63, 3.8) is 0 Å². The molecule has 0 N–H and O–H groups in total. The minimum Gasteiger partial charge on any atom is -0.467 e. The van der Waals surface area contributed by atoms with E-state index in [9.17, 15) is 4.79 Å². The van der Waals surface area contributed by atoms with Crippen LogP contribution in [-0.4, -0.2) is 33.3 Å². The van der Waals surface area contributed by atoms with Gasteiger partial charge in [-0.2, -0.15) is 0 Å². The lowest BCUT2D eigenvalue weighted by Gasteiger charge is -2.11. The fourth-order valence-corrected chi connectivity index (χ4v) is 2.05. The number of ether oxygens (including phenoxy) is 1. The number of hydrogen-bond donors (Lipinski definition) is 0. The zero-order chi connectivity index (χ0) is 13.2. The summed E-state index contributed by atoms with van der Waals surface area (Å²) in [6.45, 7) is 0. The van der Waals surface area contributed by atoms with Crippen LogP contribution in [0.5, 0.6) is 0 Å². The largest absolute Gasteiger partial charge is 0.467 e. The highest BCUT2D eigenvalue weighted by molar-refractivity contribution is 5.74. The molecule has 19 heavy (non-hydrogen) atoms. The Labute approximate surface area is 110 Å². The van der Waals surface area contributed by atoms with Crippen molar-refractivity contribution in [2.24, 2.45) is 5.92 Å². The molecule has 0 aliphatic heterocycles. The fraction of sp³-hybridized carbons (Fsp3) is 0.385. The van der Waals surface area contributed by atoms with Gasteiger partial charge in [0, 0.05) is 5.56 Å². The molecule has 1 fully saturated rings. The van der Waals surface area contributed by atoms with E-state index in [1.54, 1.807) is 0 Å². The van der Waals surface area contributed by atoms with Gasteiger partial charge in [0.05, 0.1) is 7.11 Å². The SMILES string of the molecule is COC(=O)C(C1CC1)n1nnc(-c2ccccc2)n1. The molecule has 0 amide bonds. The summed E-state index contributed by atoms with van der Waals surface area (Å²) in [4.78, 5) is 13.2. The van der Waals surface area contributed by atoms with Crippen molar-refractivity contribution in [3.05, 3.63) is 30.3 Å². The molecule has 1 aliphatic rings. The summed E-state index contributed by atoms with van der Waals surface area (Å²) in [5.41, 5.74) is 0.883. The number of hydrogen-bond acceptors (Lipinski definition) is 5. The van der Waals surface area contributed by atoms with E-state index in [0.29, 0.717) is 5.82 Å². The molecule has 0 radical (unpaired) electrons. The molecule has 0 spiro atoms. The smallest absolute Gasteiger partial charge is 0.332 e. The Hall–Kier alpha value is -2.24. The van der Waals surface area contributed by atoms with E-state index >= 15 is 0 Å². The van der Waals surface area contributed by atoms with Gasteiger partial charge in [0.1, 0.15) is 0 Å². The minimum absolute atomic E-state index is 0.269. The predicted octanol–water partition coefficient (Wildman–Crippen LogP) is 1.46. The van der Waals surface area contributed by atoms with Crippen LogP contribution in [0.1, 0.15) is 18.9 Å². The van der Waals surface area contributed by atoms with Gasteiger partial charge in [-0.15, -0.1) is 15.0 Å². The van der Waals surface area contributed by atoms with E-state index in [1.807, 2.05) is 30.3 Å². The molecule has 2 aromatic rings. The highest BCUT2D eigenvalue weighted by atomic mass is 16.5. The van der Waals surface area contributed by atoms with E-state index < -0.39 is 6.04 Å². The highest BCUT2D eigenvalue weighted by Gasteiger charge is 2.40. The second-order valence-corrected chi connectivity index (χ2v) is 4.60. The summed E-state index contributed by atoms with van der Waals surface area (Å²) in [6, 6.07) is 9.12. The van der Waals surface area contributed by atoms with Crippen LogP contribution in [-0.2, 0) is 9.53 Å². The molecule has 1 saturated carbocycles. The third kappa shape index (κ3) is 2.33. The van der Waals surface area contributed by atoms with Gasteiger partial charge in [-0.3, -0.25) is 0 Å². The predicted molar refractivity (Wildman–Crippen MR) is 67.0 cm³/mol. The van der Waals surface area contributed by atoms with E-state index in [2.05, 4.69) is 15.4 Å². The summed E-state index contributed by atoms with van der Waals surface area (Å²) in [5, 5.41) is 12.3. The van der Waals surface area contributed by atoms with Crippen molar-refractivity contribution in [1.29, 1.82) is 0 Å². The van der Waals surface area contributed by atoms with Gasteiger partial charge in [0.2, 0.25) is 5.82 Å². The Bertz CT molecular complexity index is 577. The lowest BCUT2D eigenvalue weighted by Crippen LogP contribution is -2.25. The number of carbonyl (C=O) groups excluding carboxylic acids is 1. The summed E-state index contributed by atoms with van der Waals surface area (Å²) >= 11 is 0. The van der Waals surface area contributed by atoms with Gasteiger partial charge >= 0.3 is 5.97 Å². The summed E-state index contributed by atoms with van der Waals surface area (Å²) in [6.07, 6.45) is 2.00. The first-order valence-electron chi connectivity index (χ1n) is 6.22. The van der Waals surface area contributed by atoms with Crippen LogP contribution in [0.3, 0.4) is 0 Å². The molecule has 1 atom stereocenters. The van der Waals surface area contributed by atoms with E-state index in [-0.39, 0.29) is 11.9 Å². The number of tetrazole rings is 1. The van der Waals surface area contributed by atoms with Crippen LogP contribution in [0, 0.1) is 5.92 Å². The standard InChI is InChI=1S/C13H14N4O2/c1-19-13(18)11(9-7-8-9)17-15-12(14-16-17)10-5-3-2-4-6-10/h2-6,9,11H,7-8H2,1H3. The molecular weight excluding hydrogens is 244 g/mol. The van der Waals surface area contributed by atoms with E-state index in [0.717, 1.165) is 18.4 Å². The summed E-state index contributed by atoms with van der Waals surface area (Å²) in [5.74, 6) is 0.486. The molecule has 98 valence electrons. The molecule has 6 nitrogen and oxygen atoms in total. The quantitative estimate of drug-likeness (QED) is 0.776.